The van der Waals surface area contributed by atoms with Gasteiger partial charge in [0.2, 0.25) is 0 Å². The summed E-state index contributed by atoms with van der Waals surface area (Å²) in [5.41, 5.74) is 1.62. The molecule has 19 heavy (non-hydrogen) atoms. The van der Waals surface area contributed by atoms with Crippen LogP contribution in [0.1, 0.15) is 5.69 Å². The second-order valence-electron chi connectivity index (χ2n) is 4.05. The summed E-state index contributed by atoms with van der Waals surface area (Å²) in [6.45, 7) is 0. The summed E-state index contributed by atoms with van der Waals surface area (Å²) in [6, 6.07) is 11.4. The van der Waals surface area contributed by atoms with Gasteiger partial charge >= 0.3 is 0 Å². The number of nitrogens with zero attached hydrogens (tertiary/aromatic N) is 5. The molecule has 0 aliphatic rings. The number of nitriles is 1. The molecule has 2 heterocycles. The number of fused-ring (bicyclic) bond motifs is 1. The van der Waals surface area contributed by atoms with Crippen LogP contribution in [0.4, 0.5) is 11.5 Å². The van der Waals surface area contributed by atoms with E-state index in [0.29, 0.717) is 11.5 Å². The van der Waals surface area contributed by atoms with E-state index >= 15 is 0 Å². The van der Waals surface area contributed by atoms with Gasteiger partial charge in [0.05, 0.1) is 11.2 Å². The molecule has 2 aromatic heterocycles. The van der Waals surface area contributed by atoms with Gasteiger partial charge in [-0.2, -0.15) is 10.4 Å². The van der Waals surface area contributed by atoms with Crippen molar-refractivity contribution in [1.82, 2.24) is 20.0 Å². The molecule has 0 saturated heterocycles. The molecule has 0 amide bonds. The first kappa shape index (κ1) is 11.2. The Labute approximate surface area is 109 Å². The summed E-state index contributed by atoms with van der Waals surface area (Å²) in [5.74, 6) is 0.664. The van der Waals surface area contributed by atoms with Gasteiger partial charge in [0, 0.05) is 24.7 Å². The van der Waals surface area contributed by atoms with Crippen LogP contribution >= 0.6 is 0 Å². The molecule has 3 rings (SSSR count). The van der Waals surface area contributed by atoms with Gasteiger partial charge < -0.3 is 5.32 Å². The molecule has 1 aromatic carbocycles. The number of nitrogens with one attached hydrogen (secondary N) is 1. The molecule has 1 N–H and O–H groups in total. The molecule has 0 unspecified atom stereocenters. The molecule has 0 atom stereocenters. The Morgan fingerprint density at radius 2 is 2.05 bits per heavy atom. The van der Waals surface area contributed by atoms with E-state index in [2.05, 4.69) is 20.6 Å². The first-order valence-corrected chi connectivity index (χ1v) is 5.70. The Kier molecular flexibility index (Phi) is 2.58. The van der Waals surface area contributed by atoms with Crippen LogP contribution in [0.15, 0.2) is 36.5 Å². The third-order valence-electron chi connectivity index (χ3n) is 2.74. The van der Waals surface area contributed by atoms with Crippen molar-refractivity contribution in [3.8, 4) is 6.07 Å². The minimum Gasteiger partial charge on any atom is -0.336 e. The predicted octanol–water partition coefficient (Wildman–Crippen LogP) is 1.98. The fourth-order valence-electron chi connectivity index (χ4n) is 1.87. The van der Waals surface area contributed by atoms with Crippen molar-refractivity contribution in [2.75, 3.05) is 5.32 Å². The second-order valence-corrected chi connectivity index (χ2v) is 4.05. The largest absolute Gasteiger partial charge is 0.336 e. The van der Waals surface area contributed by atoms with Crippen LogP contribution in [0.5, 0.6) is 0 Å². The lowest BCUT2D eigenvalue weighted by Gasteiger charge is -2.07. The molecule has 0 bridgehead atoms. The predicted molar refractivity (Wildman–Crippen MR) is 70.7 cm³/mol. The minimum atomic E-state index is 0.254. The number of rotatable bonds is 2. The maximum absolute atomic E-state index is 9.14. The molecular formula is C13H10N6. The minimum absolute atomic E-state index is 0.254. The molecule has 92 valence electrons. The van der Waals surface area contributed by atoms with Gasteiger partial charge in [-0.15, -0.1) is 10.2 Å². The highest BCUT2D eigenvalue weighted by molar-refractivity contribution is 5.94. The lowest BCUT2D eigenvalue weighted by molar-refractivity contribution is 0.771. The number of aromatic nitrogens is 4. The normalized spacial score (nSPS) is 10.3. The fourth-order valence-corrected chi connectivity index (χ4v) is 1.87. The molecular weight excluding hydrogens is 240 g/mol. The zero-order valence-corrected chi connectivity index (χ0v) is 10.2. The van der Waals surface area contributed by atoms with Crippen molar-refractivity contribution in [2.45, 2.75) is 0 Å². The van der Waals surface area contributed by atoms with Crippen LogP contribution in [-0.2, 0) is 7.05 Å². The van der Waals surface area contributed by atoms with Crippen molar-refractivity contribution in [3.05, 3.63) is 42.2 Å². The highest BCUT2D eigenvalue weighted by atomic mass is 15.3. The van der Waals surface area contributed by atoms with Crippen molar-refractivity contribution in [2.24, 2.45) is 7.05 Å². The lowest BCUT2D eigenvalue weighted by atomic mass is 10.1. The summed E-state index contributed by atoms with van der Waals surface area (Å²) in [5, 5.41) is 25.3. The first-order valence-electron chi connectivity index (χ1n) is 5.70. The molecule has 0 saturated carbocycles. The van der Waals surface area contributed by atoms with E-state index in [1.165, 1.54) is 0 Å². The van der Waals surface area contributed by atoms with Gasteiger partial charge in [-0.3, -0.25) is 4.68 Å². The Morgan fingerprint density at radius 3 is 2.79 bits per heavy atom. The zero-order valence-electron chi connectivity index (χ0n) is 10.2. The summed E-state index contributed by atoms with van der Waals surface area (Å²) in [4.78, 5) is 0. The average molecular weight is 250 g/mol. The van der Waals surface area contributed by atoms with E-state index in [-0.39, 0.29) is 5.69 Å². The second kappa shape index (κ2) is 4.38. The van der Waals surface area contributed by atoms with E-state index in [9.17, 15) is 0 Å². The molecule has 0 spiro atoms. The average Bonchev–Trinajstić information content (AvgIpc) is 2.85. The van der Waals surface area contributed by atoms with E-state index in [1.807, 2.05) is 49.6 Å². The van der Waals surface area contributed by atoms with E-state index in [0.717, 1.165) is 10.9 Å². The number of hydrogen-bond acceptors (Lipinski definition) is 5. The molecule has 0 aliphatic carbocycles. The number of aryl methyl sites for hydroxylation is 1. The van der Waals surface area contributed by atoms with E-state index in [4.69, 9.17) is 5.26 Å². The van der Waals surface area contributed by atoms with Gasteiger partial charge in [0.25, 0.3) is 0 Å². The third kappa shape index (κ3) is 1.98. The lowest BCUT2D eigenvalue weighted by Crippen LogP contribution is -2.00. The summed E-state index contributed by atoms with van der Waals surface area (Å²) < 4.78 is 1.69. The molecule has 6 heteroatoms. The highest BCUT2D eigenvalue weighted by Crippen LogP contribution is 2.26. The Morgan fingerprint density at radius 1 is 1.21 bits per heavy atom. The third-order valence-corrected chi connectivity index (χ3v) is 2.74. The van der Waals surface area contributed by atoms with E-state index in [1.54, 1.807) is 4.68 Å². The van der Waals surface area contributed by atoms with Gasteiger partial charge in [0.1, 0.15) is 6.07 Å². The molecule has 6 nitrogen and oxygen atoms in total. The van der Waals surface area contributed by atoms with Gasteiger partial charge in [-0.1, -0.05) is 18.2 Å². The van der Waals surface area contributed by atoms with Crippen molar-refractivity contribution in [3.63, 3.8) is 0 Å². The Balaban J connectivity index is 2.17. The molecule has 3 aromatic rings. The monoisotopic (exact) mass is 250 g/mol. The van der Waals surface area contributed by atoms with Crippen LogP contribution in [0.2, 0.25) is 0 Å². The van der Waals surface area contributed by atoms with Crippen LogP contribution in [0.25, 0.3) is 10.9 Å². The number of benzene rings is 1. The summed E-state index contributed by atoms with van der Waals surface area (Å²) in [6.07, 6.45) is 1.82. The summed E-state index contributed by atoms with van der Waals surface area (Å²) >= 11 is 0. The number of hydrogen-bond donors (Lipinski definition) is 1. The maximum Gasteiger partial charge on any atom is 0.187 e. The zero-order chi connectivity index (χ0) is 13.2. The van der Waals surface area contributed by atoms with Gasteiger partial charge in [0.15, 0.2) is 11.5 Å². The van der Waals surface area contributed by atoms with Crippen LogP contribution in [0.3, 0.4) is 0 Å². The standard InChI is InChI=1S/C13H10N6/c1-19-7-6-12(18-19)15-13-9-4-2-3-5-10(9)16-17-11(13)8-14/h2-7H,1H3,(H,15,16,18). The van der Waals surface area contributed by atoms with Crippen LogP contribution < -0.4 is 5.32 Å². The van der Waals surface area contributed by atoms with Crippen molar-refractivity contribution >= 4 is 22.4 Å². The maximum atomic E-state index is 9.14. The van der Waals surface area contributed by atoms with Crippen molar-refractivity contribution < 1.29 is 0 Å². The van der Waals surface area contributed by atoms with Gasteiger partial charge in [-0.05, 0) is 6.07 Å². The molecule has 0 aliphatic heterocycles. The molecule has 0 radical (unpaired) electrons. The molecule has 0 fully saturated rings. The smallest absolute Gasteiger partial charge is 0.187 e. The Hall–Kier alpha value is -2.94. The fraction of sp³-hybridized carbons (Fsp3) is 0.0769. The van der Waals surface area contributed by atoms with Gasteiger partial charge in [-0.25, -0.2) is 0 Å². The first-order chi connectivity index (χ1) is 9.28. The summed E-state index contributed by atoms with van der Waals surface area (Å²) in [7, 11) is 1.83. The Bertz CT molecular complexity index is 783. The van der Waals surface area contributed by atoms with Crippen molar-refractivity contribution in [1.29, 1.82) is 5.26 Å². The quantitative estimate of drug-likeness (QED) is 0.752. The van der Waals surface area contributed by atoms with Crippen LogP contribution in [-0.4, -0.2) is 20.0 Å². The van der Waals surface area contributed by atoms with Crippen LogP contribution in [0, 0.1) is 11.3 Å². The number of anilines is 2. The van der Waals surface area contributed by atoms with E-state index < -0.39 is 0 Å². The topological polar surface area (TPSA) is 79.4 Å². The highest BCUT2D eigenvalue weighted by Gasteiger charge is 2.11. The SMILES string of the molecule is Cn1ccc(Nc2c(C#N)nnc3ccccc23)n1.